The van der Waals surface area contributed by atoms with Crippen molar-refractivity contribution in [3.05, 3.63) is 6.20 Å². The van der Waals surface area contributed by atoms with Gasteiger partial charge in [-0.3, -0.25) is 4.79 Å². The molecule has 0 aliphatic heterocycles. The van der Waals surface area contributed by atoms with Crippen molar-refractivity contribution in [3.63, 3.8) is 0 Å². The highest BCUT2D eigenvalue weighted by molar-refractivity contribution is 5.47. The number of aromatic nitrogens is 2. The van der Waals surface area contributed by atoms with Gasteiger partial charge in [-0.05, 0) is 0 Å². The molecule has 5 nitrogen and oxygen atoms in total. The molecule has 9 heavy (non-hydrogen) atoms. The first kappa shape index (κ1) is 5.74. The molecule has 1 aromatic rings. The van der Waals surface area contributed by atoms with E-state index in [4.69, 9.17) is 0 Å². The Kier molecular flexibility index (Phi) is 1.44. The molecule has 1 heterocycles. The maximum atomic E-state index is 10.2. The zero-order valence-corrected chi connectivity index (χ0v) is 4.40. The molecule has 0 atom stereocenters. The molecule has 1 aromatic heterocycles. The smallest absolute Gasteiger partial charge is 0.272 e. The first-order chi connectivity index (χ1) is 4.33. The van der Waals surface area contributed by atoms with Gasteiger partial charge in [0, 0.05) is 0 Å². The van der Waals surface area contributed by atoms with E-state index in [0.717, 1.165) is 10.9 Å². The summed E-state index contributed by atoms with van der Waals surface area (Å²) in [7, 11) is 0. The van der Waals surface area contributed by atoms with Crippen molar-refractivity contribution in [2.24, 2.45) is 0 Å². The average Bonchev–Trinajstić information content (AvgIpc) is 2.17. The summed E-state index contributed by atoms with van der Waals surface area (Å²) in [5.74, 6) is -0.565. The van der Waals surface area contributed by atoms with Gasteiger partial charge >= 0.3 is 0 Å². The van der Waals surface area contributed by atoms with Gasteiger partial charge in [0.1, 0.15) is 5.95 Å². The standard InChI is InChI=1S/C4H3N2O3/c7-2-1-6-3-4(8)9-5-6/h3H,1H2. The molecule has 5 heteroatoms. The topological polar surface area (TPSA) is 70.0 Å². The van der Waals surface area contributed by atoms with Gasteiger partial charge in [-0.15, -0.1) is 0 Å². The number of hydrogen-bond acceptors (Lipinski definition) is 4. The molecule has 0 bridgehead atoms. The highest BCUT2D eigenvalue weighted by atomic mass is 16.6. The van der Waals surface area contributed by atoms with Gasteiger partial charge in [0.15, 0.2) is 0 Å². The lowest BCUT2D eigenvalue weighted by Crippen LogP contribution is -2.35. The third-order valence-electron chi connectivity index (χ3n) is 0.717. The summed E-state index contributed by atoms with van der Waals surface area (Å²) in [5, 5.41) is 13.4. The molecular formula is C4H3N2O3. The number of hydrogen-bond donors (Lipinski definition) is 0. The summed E-state index contributed by atoms with van der Waals surface area (Å²) in [6.07, 6.45) is 2.62. The summed E-state index contributed by atoms with van der Waals surface area (Å²) >= 11 is 0. The highest BCUT2D eigenvalue weighted by Gasteiger charge is 2.00. The maximum absolute atomic E-state index is 10.2. The fourth-order valence-corrected chi connectivity index (χ4v) is 0.402. The summed E-state index contributed by atoms with van der Waals surface area (Å²) in [6, 6.07) is 0. The Labute approximate surface area is 50.5 Å². The lowest BCUT2D eigenvalue weighted by atomic mass is 10.7. The third kappa shape index (κ3) is 1.25. The van der Waals surface area contributed by atoms with E-state index in [-0.39, 0.29) is 6.54 Å². The molecule has 0 fully saturated rings. The van der Waals surface area contributed by atoms with Crippen molar-refractivity contribution in [3.8, 4) is 5.95 Å². The van der Waals surface area contributed by atoms with Crippen LogP contribution < -0.4 is 9.79 Å². The average molecular weight is 127 g/mol. The second-order valence-electron chi connectivity index (χ2n) is 1.36. The van der Waals surface area contributed by atoms with E-state index in [1.165, 1.54) is 0 Å². The maximum Gasteiger partial charge on any atom is 0.272 e. The van der Waals surface area contributed by atoms with E-state index in [1.54, 1.807) is 6.29 Å². The summed E-state index contributed by atoms with van der Waals surface area (Å²) in [6.45, 7) is -0.0638. The van der Waals surface area contributed by atoms with Gasteiger partial charge in [-0.1, -0.05) is 4.68 Å². The second kappa shape index (κ2) is 2.25. The van der Waals surface area contributed by atoms with E-state index in [0.29, 0.717) is 0 Å². The third-order valence-corrected chi connectivity index (χ3v) is 0.717. The molecule has 1 rings (SSSR count). The Morgan fingerprint density at radius 3 is 3.22 bits per heavy atom. The van der Waals surface area contributed by atoms with Crippen LogP contribution in [0.1, 0.15) is 0 Å². The molecule has 0 aliphatic rings. The van der Waals surface area contributed by atoms with Crippen molar-refractivity contribution >= 4 is 6.29 Å². The van der Waals surface area contributed by atoms with Crippen molar-refractivity contribution < 1.29 is 19.1 Å². The quantitative estimate of drug-likeness (QED) is 0.437. The van der Waals surface area contributed by atoms with Gasteiger partial charge < -0.3 is 9.63 Å². The Morgan fingerprint density at radius 1 is 2.00 bits per heavy atom. The molecule has 0 unspecified atom stereocenters. The van der Waals surface area contributed by atoms with E-state index in [9.17, 15) is 9.90 Å². The lowest BCUT2D eigenvalue weighted by molar-refractivity contribution is -0.748. The Bertz CT molecular complexity index is 207. The Hall–Kier alpha value is -1.39. The van der Waals surface area contributed by atoms with Crippen LogP contribution in [0.2, 0.25) is 0 Å². The predicted molar refractivity (Wildman–Crippen MR) is 21.8 cm³/mol. The van der Waals surface area contributed by atoms with Crippen LogP contribution >= 0.6 is 0 Å². The minimum atomic E-state index is -0.565. The van der Waals surface area contributed by atoms with Gasteiger partial charge in [0.2, 0.25) is 12.7 Å². The van der Waals surface area contributed by atoms with Gasteiger partial charge in [-0.25, -0.2) is 0 Å². The fraction of sp³-hybridized carbons (Fsp3) is 0.250. The minimum absolute atomic E-state index is 0.0638. The monoisotopic (exact) mass is 127 g/mol. The molecule has 0 saturated heterocycles. The first-order valence-corrected chi connectivity index (χ1v) is 2.21. The van der Waals surface area contributed by atoms with Crippen LogP contribution in [0.4, 0.5) is 0 Å². The van der Waals surface area contributed by atoms with Crippen molar-refractivity contribution in [1.82, 2.24) is 5.27 Å². The zero-order valence-electron chi connectivity index (χ0n) is 4.40. The van der Waals surface area contributed by atoms with Crippen LogP contribution in [-0.4, -0.2) is 11.6 Å². The van der Waals surface area contributed by atoms with Crippen LogP contribution in [0.15, 0.2) is 10.7 Å². The molecule has 0 spiro atoms. The Morgan fingerprint density at radius 2 is 2.78 bits per heavy atom. The number of rotatable bonds is 2. The molecule has 0 saturated carbocycles. The van der Waals surface area contributed by atoms with Crippen LogP contribution in [0.5, 0.6) is 5.95 Å². The lowest BCUT2D eigenvalue weighted by Gasteiger charge is -1.74. The van der Waals surface area contributed by atoms with E-state index in [1.807, 2.05) is 0 Å². The normalized spacial score (nSPS) is 9.33. The summed E-state index contributed by atoms with van der Waals surface area (Å²) < 4.78 is 5.16. The molecule has 0 N–H and O–H groups in total. The molecular weight excluding hydrogens is 124 g/mol. The van der Waals surface area contributed by atoms with Crippen LogP contribution in [0.25, 0.3) is 0 Å². The van der Waals surface area contributed by atoms with Gasteiger partial charge in [0.05, 0.1) is 5.27 Å². The number of carbonyl (C=O) groups excluding carboxylic acids is 1. The largest absolute Gasteiger partial charge is 0.539 e. The van der Waals surface area contributed by atoms with Gasteiger partial charge in [-0.2, -0.15) is 0 Å². The predicted octanol–water partition coefficient (Wildman–Crippen LogP) is -1.85. The van der Waals surface area contributed by atoms with Crippen molar-refractivity contribution in [2.75, 3.05) is 0 Å². The molecule has 0 amide bonds. The summed E-state index contributed by atoms with van der Waals surface area (Å²) in [4.78, 5) is 9.65. The SMILES string of the molecule is O=[C]C[n+]1cc([O-])on1. The minimum Gasteiger partial charge on any atom is -0.539 e. The first-order valence-electron chi connectivity index (χ1n) is 2.21. The molecule has 47 valence electrons. The van der Waals surface area contributed by atoms with E-state index >= 15 is 0 Å². The highest BCUT2D eigenvalue weighted by Crippen LogP contribution is 1.91. The van der Waals surface area contributed by atoms with Crippen LogP contribution in [-0.2, 0) is 11.3 Å². The molecule has 1 radical (unpaired) electrons. The zero-order chi connectivity index (χ0) is 6.69. The second-order valence-corrected chi connectivity index (χ2v) is 1.36. The fourth-order valence-electron chi connectivity index (χ4n) is 0.402. The molecule has 0 aliphatic carbocycles. The van der Waals surface area contributed by atoms with Crippen molar-refractivity contribution in [2.45, 2.75) is 6.54 Å². The van der Waals surface area contributed by atoms with Gasteiger partial charge in [0.25, 0.3) is 6.29 Å². The van der Waals surface area contributed by atoms with Crippen LogP contribution in [0.3, 0.4) is 0 Å². The van der Waals surface area contributed by atoms with E-state index < -0.39 is 5.95 Å². The van der Waals surface area contributed by atoms with Crippen molar-refractivity contribution in [1.29, 1.82) is 0 Å². The number of nitrogens with zero attached hydrogens (tertiary/aromatic N) is 2. The molecule has 0 aromatic carbocycles. The Balaban J connectivity index is 2.72. The van der Waals surface area contributed by atoms with E-state index in [2.05, 4.69) is 9.79 Å². The summed E-state index contributed by atoms with van der Waals surface area (Å²) in [5.41, 5.74) is 0. The van der Waals surface area contributed by atoms with Crippen LogP contribution in [0, 0.1) is 0 Å².